The maximum absolute atomic E-state index is 11.8. The second-order valence-corrected chi connectivity index (χ2v) is 4.84. The van der Waals surface area contributed by atoms with Gasteiger partial charge in [0.15, 0.2) is 0 Å². The van der Waals surface area contributed by atoms with Crippen molar-refractivity contribution in [3.8, 4) is 0 Å². The number of imide groups is 1. The van der Waals surface area contributed by atoms with Crippen LogP contribution in [0.2, 0.25) is 10.0 Å². The predicted molar refractivity (Wildman–Crippen MR) is 70.3 cm³/mol. The van der Waals surface area contributed by atoms with Crippen molar-refractivity contribution in [3.63, 3.8) is 0 Å². The monoisotopic (exact) mass is 284 g/mol. The third-order valence-corrected chi connectivity index (χ3v) is 3.15. The first-order valence-electron chi connectivity index (χ1n) is 5.19. The van der Waals surface area contributed by atoms with Crippen LogP contribution in [0.5, 0.6) is 0 Å². The molecule has 0 saturated carbocycles. The zero-order chi connectivity index (χ0) is 13.4. The van der Waals surface area contributed by atoms with Crippen molar-refractivity contribution in [1.82, 2.24) is 5.01 Å². The number of hydrogen-bond donors (Lipinski definition) is 1. The lowest BCUT2D eigenvalue weighted by Gasteiger charge is -2.17. The number of carbonyl (C=O) groups is 2. The summed E-state index contributed by atoms with van der Waals surface area (Å²) in [5.41, 5.74) is 4.05. The third-order valence-electron chi connectivity index (χ3n) is 2.71. The van der Waals surface area contributed by atoms with Crippen molar-refractivity contribution < 1.29 is 9.59 Å². The Labute approximate surface area is 114 Å². The highest BCUT2D eigenvalue weighted by molar-refractivity contribution is 6.35. The van der Waals surface area contributed by atoms with E-state index in [9.17, 15) is 9.59 Å². The Morgan fingerprint density at radius 1 is 0.944 bits per heavy atom. The maximum Gasteiger partial charge on any atom is 0.275 e. The van der Waals surface area contributed by atoms with Gasteiger partial charge in [-0.1, -0.05) is 23.2 Å². The SMILES string of the molecule is CC1=C(C)C(=O)N(Nc2cc(Cl)cc(Cl)c2)C1=O. The Morgan fingerprint density at radius 2 is 1.39 bits per heavy atom. The third kappa shape index (κ3) is 2.21. The molecule has 2 rings (SSSR count). The minimum absolute atomic E-state index is 0.367. The van der Waals surface area contributed by atoms with E-state index in [1.807, 2.05) is 0 Å². The lowest BCUT2D eigenvalue weighted by Crippen LogP contribution is -2.36. The molecular formula is C12H10Cl2N2O2. The number of carbonyl (C=O) groups excluding carboxylic acids is 2. The molecule has 4 nitrogen and oxygen atoms in total. The van der Waals surface area contributed by atoms with E-state index in [1.54, 1.807) is 32.0 Å². The Balaban J connectivity index is 2.26. The molecule has 1 heterocycles. The summed E-state index contributed by atoms with van der Waals surface area (Å²) in [6.07, 6.45) is 0. The average Bonchev–Trinajstić information content (AvgIpc) is 2.46. The van der Waals surface area contributed by atoms with E-state index in [4.69, 9.17) is 23.2 Å². The molecular weight excluding hydrogens is 275 g/mol. The number of rotatable bonds is 2. The molecule has 0 bridgehead atoms. The van der Waals surface area contributed by atoms with Crippen molar-refractivity contribution in [2.45, 2.75) is 13.8 Å². The molecule has 1 aromatic carbocycles. The molecule has 0 aromatic heterocycles. The number of benzene rings is 1. The van der Waals surface area contributed by atoms with Crippen molar-refractivity contribution in [3.05, 3.63) is 39.4 Å². The molecule has 0 unspecified atom stereocenters. The standard InChI is InChI=1S/C12H10Cl2N2O2/c1-6-7(2)12(18)16(11(6)17)15-10-4-8(13)3-9(14)5-10/h3-5,15H,1-2H3. The lowest BCUT2D eigenvalue weighted by molar-refractivity contribution is -0.135. The molecule has 1 N–H and O–H groups in total. The van der Waals surface area contributed by atoms with E-state index in [0.29, 0.717) is 26.9 Å². The molecule has 18 heavy (non-hydrogen) atoms. The van der Waals surface area contributed by atoms with Gasteiger partial charge in [0.25, 0.3) is 11.8 Å². The Bertz CT molecular complexity index is 537. The van der Waals surface area contributed by atoms with Crippen LogP contribution in [0.3, 0.4) is 0 Å². The molecule has 0 fully saturated rings. The van der Waals surface area contributed by atoms with Crippen LogP contribution < -0.4 is 5.43 Å². The Hall–Kier alpha value is -1.52. The fourth-order valence-electron chi connectivity index (χ4n) is 1.60. The Kier molecular flexibility index (Phi) is 3.32. The van der Waals surface area contributed by atoms with E-state index < -0.39 is 0 Å². The van der Waals surface area contributed by atoms with E-state index in [1.165, 1.54) is 0 Å². The molecule has 6 heteroatoms. The molecule has 1 aliphatic heterocycles. The van der Waals surface area contributed by atoms with Gasteiger partial charge in [0.1, 0.15) is 0 Å². The van der Waals surface area contributed by atoms with Gasteiger partial charge in [0, 0.05) is 21.2 Å². The van der Waals surface area contributed by atoms with E-state index in [2.05, 4.69) is 5.43 Å². The number of halogens is 2. The van der Waals surface area contributed by atoms with Crippen LogP contribution >= 0.6 is 23.2 Å². The van der Waals surface area contributed by atoms with Crippen LogP contribution in [0.4, 0.5) is 5.69 Å². The quantitative estimate of drug-likeness (QED) is 0.850. The molecule has 0 radical (unpaired) electrons. The minimum atomic E-state index is -0.367. The minimum Gasteiger partial charge on any atom is -0.288 e. The van der Waals surface area contributed by atoms with Gasteiger partial charge in [0.2, 0.25) is 0 Å². The normalized spacial score (nSPS) is 15.7. The summed E-state index contributed by atoms with van der Waals surface area (Å²) >= 11 is 11.7. The average molecular weight is 285 g/mol. The van der Waals surface area contributed by atoms with Crippen molar-refractivity contribution in [2.24, 2.45) is 0 Å². The highest BCUT2D eigenvalue weighted by Crippen LogP contribution is 2.25. The zero-order valence-electron chi connectivity index (χ0n) is 9.75. The zero-order valence-corrected chi connectivity index (χ0v) is 11.3. The number of amides is 2. The van der Waals surface area contributed by atoms with Crippen LogP contribution in [-0.2, 0) is 9.59 Å². The van der Waals surface area contributed by atoms with Gasteiger partial charge in [0.05, 0.1) is 5.69 Å². The molecule has 94 valence electrons. The topological polar surface area (TPSA) is 49.4 Å². The summed E-state index contributed by atoms with van der Waals surface area (Å²) in [6, 6.07) is 4.73. The summed E-state index contributed by atoms with van der Waals surface area (Å²) in [5, 5.41) is 1.79. The molecule has 0 aliphatic carbocycles. The van der Waals surface area contributed by atoms with Crippen molar-refractivity contribution >= 4 is 40.7 Å². The number of hydrazine groups is 1. The van der Waals surface area contributed by atoms with Gasteiger partial charge < -0.3 is 0 Å². The van der Waals surface area contributed by atoms with E-state index >= 15 is 0 Å². The second kappa shape index (κ2) is 4.63. The number of hydrogen-bond acceptors (Lipinski definition) is 3. The molecule has 0 saturated heterocycles. The number of nitrogens with one attached hydrogen (secondary N) is 1. The van der Waals surface area contributed by atoms with Crippen molar-refractivity contribution in [2.75, 3.05) is 5.43 Å². The van der Waals surface area contributed by atoms with Gasteiger partial charge in [-0.25, -0.2) is 0 Å². The van der Waals surface area contributed by atoms with Gasteiger partial charge in [-0.15, -0.1) is 0 Å². The van der Waals surface area contributed by atoms with E-state index in [-0.39, 0.29) is 11.8 Å². The van der Waals surface area contributed by atoms with Gasteiger partial charge in [-0.2, -0.15) is 5.01 Å². The highest BCUT2D eigenvalue weighted by Gasteiger charge is 2.33. The van der Waals surface area contributed by atoms with Crippen LogP contribution in [0.15, 0.2) is 29.3 Å². The lowest BCUT2D eigenvalue weighted by atomic mass is 10.2. The van der Waals surface area contributed by atoms with Crippen molar-refractivity contribution in [1.29, 1.82) is 0 Å². The highest BCUT2D eigenvalue weighted by atomic mass is 35.5. The summed E-state index contributed by atoms with van der Waals surface area (Å²) in [7, 11) is 0. The van der Waals surface area contributed by atoms with Crippen LogP contribution in [0.25, 0.3) is 0 Å². The first-order chi connectivity index (χ1) is 8.40. The van der Waals surface area contributed by atoms with E-state index in [0.717, 1.165) is 5.01 Å². The van der Waals surface area contributed by atoms with Gasteiger partial charge >= 0.3 is 0 Å². The van der Waals surface area contributed by atoms with Crippen LogP contribution in [0, 0.1) is 0 Å². The largest absolute Gasteiger partial charge is 0.288 e. The van der Waals surface area contributed by atoms with Gasteiger partial charge in [-0.05, 0) is 32.0 Å². The first kappa shape index (κ1) is 12.9. The summed E-state index contributed by atoms with van der Waals surface area (Å²) in [5.74, 6) is -0.734. The Morgan fingerprint density at radius 3 is 1.83 bits per heavy atom. The molecule has 0 spiro atoms. The van der Waals surface area contributed by atoms with Gasteiger partial charge in [-0.3, -0.25) is 15.0 Å². The fourth-order valence-corrected chi connectivity index (χ4v) is 2.12. The first-order valence-corrected chi connectivity index (χ1v) is 5.95. The predicted octanol–water partition coefficient (Wildman–Crippen LogP) is 3.03. The second-order valence-electron chi connectivity index (χ2n) is 3.97. The molecule has 0 atom stereocenters. The molecule has 1 aliphatic rings. The molecule has 1 aromatic rings. The summed E-state index contributed by atoms with van der Waals surface area (Å²) < 4.78 is 0. The van der Waals surface area contributed by atoms with Crippen LogP contribution in [-0.4, -0.2) is 16.8 Å². The van der Waals surface area contributed by atoms with Crippen LogP contribution in [0.1, 0.15) is 13.8 Å². The molecule has 2 amide bonds. The smallest absolute Gasteiger partial charge is 0.275 e. The fraction of sp³-hybridized carbons (Fsp3) is 0.167. The summed E-state index contributed by atoms with van der Waals surface area (Å²) in [6.45, 7) is 3.23. The number of anilines is 1. The summed E-state index contributed by atoms with van der Waals surface area (Å²) in [4.78, 5) is 23.6. The number of nitrogens with zero attached hydrogens (tertiary/aromatic N) is 1. The maximum atomic E-state index is 11.8.